The van der Waals surface area contributed by atoms with E-state index in [1.807, 2.05) is 26.8 Å². The molecule has 78 valence electrons. The van der Waals surface area contributed by atoms with Crippen LogP contribution in [-0.2, 0) is 6.42 Å². The average molecular weight is 195 g/mol. The van der Waals surface area contributed by atoms with Gasteiger partial charge in [0.15, 0.2) is 0 Å². The number of hydrogen-bond donors (Lipinski definition) is 1. The Morgan fingerprint density at radius 2 is 2.07 bits per heavy atom. The van der Waals surface area contributed by atoms with E-state index in [-0.39, 0.29) is 0 Å². The van der Waals surface area contributed by atoms with Gasteiger partial charge >= 0.3 is 0 Å². The molecule has 2 rings (SSSR count). The maximum atomic E-state index is 8.69. The van der Waals surface area contributed by atoms with Crippen LogP contribution in [0.1, 0.15) is 43.8 Å². The number of rotatable bonds is 0. The lowest BCUT2D eigenvalue weighted by atomic mass is 9.96. The number of nitrogens with zero attached hydrogens (tertiary/aromatic N) is 1. The average Bonchev–Trinajstić information content (AvgIpc) is 2.60. The molecule has 1 aromatic rings. The van der Waals surface area contributed by atoms with Crippen molar-refractivity contribution >= 4 is 5.71 Å². The summed E-state index contributed by atoms with van der Waals surface area (Å²) in [7, 11) is 0. The summed E-state index contributed by atoms with van der Waals surface area (Å²) in [4.78, 5) is 0. The maximum Gasteiger partial charge on any atom is 0.113 e. The van der Waals surface area contributed by atoms with Crippen LogP contribution in [0.5, 0.6) is 0 Å². The normalized spacial score (nSPS) is 17.2. The van der Waals surface area contributed by atoms with Crippen LogP contribution in [-0.4, -0.2) is 10.9 Å². The van der Waals surface area contributed by atoms with E-state index in [4.69, 9.17) is 9.62 Å². The molecule has 0 aliphatic heterocycles. The Hall–Kier alpha value is -1.25. The van der Waals surface area contributed by atoms with Crippen LogP contribution in [0.15, 0.2) is 15.6 Å². The van der Waals surface area contributed by atoms with E-state index in [0.29, 0.717) is 0 Å². The zero-order chi connectivity index (χ0) is 10.6. The minimum Gasteiger partial charge on any atom is -0.466 e. The van der Waals surface area contributed by atoms with Crippen LogP contribution in [0.25, 0.3) is 0 Å². The third-order valence-corrected chi connectivity index (χ3v) is 2.18. The monoisotopic (exact) mass is 195 g/mol. The van der Waals surface area contributed by atoms with Gasteiger partial charge in [-0.1, -0.05) is 19.0 Å². The van der Waals surface area contributed by atoms with Crippen molar-refractivity contribution in [3.63, 3.8) is 0 Å². The topological polar surface area (TPSA) is 45.7 Å². The second-order valence-electron chi connectivity index (χ2n) is 3.09. The van der Waals surface area contributed by atoms with Gasteiger partial charge in [-0.25, -0.2) is 0 Å². The predicted octanol–water partition coefficient (Wildman–Crippen LogP) is 3.13. The molecule has 3 nitrogen and oxygen atoms in total. The van der Waals surface area contributed by atoms with Crippen molar-refractivity contribution in [1.29, 1.82) is 0 Å². The molecule has 3 heteroatoms. The van der Waals surface area contributed by atoms with Crippen LogP contribution in [0.3, 0.4) is 0 Å². The first-order chi connectivity index (χ1) is 6.81. The van der Waals surface area contributed by atoms with Gasteiger partial charge in [0.05, 0.1) is 5.71 Å². The summed E-state index contributed by atoms with van der Waals surface area (Å²) in [5.74, 6) is 1.86. The molecular formula is C11H17NO2. The number of aryl methyl sites for hydroxylation is 2. The summed E-state index contributed by atoms with van der Waals surface area (Å²) >= 11 is 0. The van der Waals surface area contributed by atoms with E-state index in [9.17, 15) is 0 Å². The lowest BCUT2D eigenvalue weighted by molar-refractivity contribution is 0.317. The second kappa shape index (κ2) is 4.84. The Kier molecular flexibility index (Phi) is 3.74. The van der Waals surface area contributed by atoms with E-state index in [0.717, 1.165) is 42.1 Å². The van der Waals surface area contributed by atoms with Gasteiger partial charge in [0.25, 0.3) is 0 Å². The van der Waals surface area contributed by atoms with Crippen molar-refractivity contribution in [2.45, 2.75) is 40.0 Å². The standard InChI is InChI=1S/C9H11NO2.C2H6/c1-6-5-7-8(10-11)3-2-4-9(7)12-6;1-2/h5,11H,2-4H2,1H3;1-2H3/b10-8-;. The Morgan fingerprint density at radius 1 is 1.36 bits per heavy atom. The van der Waals surface area contributed by atoms with Gasteiger partial charge in [0, 0.05) is 12.0 Å². The van der Waals surface area contributed by atoms with Crippen molar-refractivity contribution in [3.05, 3.63) is 23.2 Å². The first-order valence-electron chi connectivity index (χ1n) is 5.12. The van der Waals surface area contributed by atoms with Gasteiger partial charge in [0.1, 0.15) is 11.5 Å². The lowest BCUT2D eigenvalue weighted by Crippen LogP contribution is -2.09. The highest BCUT2D eigenvalue weighted by atomic mass is 16.4. The van der Waals surface area contributed by atoms with E-state index in [1.165, 1.54) is 0 Å². The fourth-order valence-electron chi connectivity index (χ4n) is 1.65. The van der Waals surface area contributed by atoms with E-state index < -0.39 is 0 Å². The SMILES string of the molecule is CC.Cc1cc2c(o1)CCC/C2=N/O. The van der Waals surface area contributed by atoms with Crippen LogP contribution in [0.4, 0.5) is 0 Å². The molecule has 0 bridgehead atoms. The smallest absolute Gasteiger partial charge is 0.113 e. The molecule has 0 saturated heterocycles. The molecule has 0 radical (unpaired) electrons. The number of hydrogen-bond acceptors (Lipinski definition) is 3. The van der Waals surface area contributed by atoms with Gasteiger partial charge in [-0.05, 0) is 25.8 Å². The second-order valence-corrected chi connectivity index (χ2v) is 3.09. The first-order valence-corrected chi connectivity index (χ1v) is 5.12. The van der Waals surface area contributed by atoms with Crippen LogP contribution < -0.4 is 0 Å². The van der Waals surface area contributed by atoms with Crippen molar-refractivity contribution < 1.29 is 9.62 Å². The minimum atomic E-state index is 0.758. The van der Waals surface area contributed by atoms with Crippen LogP contribution in [0.2, 0.25) is 0 Å². The highest BCUT2D eigenvalue weighted by molar-refractivity contribution is 6.01. The summed E-state index contributed by atoms with van der Waals surface area (Å²) in [6.45, 7) is 5.91. The Bertz CT molecular complexity index is 326. The molecular weight excluding hydrogens is 178 g/mol. The van der Waals surface area contributed by atoms with Gasteiger partial charge in [0.2, 0.25) is 0 Å². The summed E-state index contributed by atoms with van der Waals surface area (Å²) in [6.07, 6.45) is 2.82. The molecule has 0 fully saturated rings. The van der Waals surface area contributed by atoms with Gasteiger partial charge in [-0.3, -0.25) is 0 Å². The highest BCUT2D eigenvalue weighted by Gasteiger charge is 2.19. The molecule has 1 heterocycles. The quantitative estimate of drug-likeness (QED) is 0.510. The summed E-state index contributed by atoms with van der Waals surface area (Å²) in [5.41, 5.74) is 1.74. The van der Waals surface area contributed by atoms with E-state index in [2.05, 4.69) is 5.16 Å². The van der Waals surface area contributed by atoms with Crippen molar-refractivity contribution in [2.75, 3.05) is 0 Å². The molecule has 14 heavy (non-hydrogen) atoms. The van der Waals surface area contributed by atoms with Gasteiger partial charge in [-0.15, -0.1) is 0 Å². The number of oxime groups is 1. The maximum absolute atomic E-state index is 8.69. The Morgan fingerprint density at radius 3 is 2.71 bits per heavy atom. The molecule has 0 amide bonds. The highest BCUT2D eigenvalue weighted by Crippen LogP contribution is 2.24. The molecule has 0 aromatic carbocycles. The zero-order valence-electron chi connectivity index (χ0n) is 9.00. The number of fused-ring (bicyclic) bond motifs is 1. The predicted molar refractivity (Wildman–Crippen MR) is 56.1 cm³/mol. The van der Waals surface area contributed by atoms with E-state index >= 15 is 0 Å². The fourth-order valence-corrected chi connectivity index (χ4v) is 1.65. The summed E-state index contributed by atoms with van der Waals surface area (Å²) < 4.78 is 5.45. The molecule has 1 aliphatic carbocycles. The van der Waals surface area contributed by atoms with Crippen molar-refractivity contribution in [2.24, 2.45) is 5.16 Å². The molecule has 1 aliphatic rings. The lowest BCUT2D eigenvalue weighted by Gasteiger charge is -2.09. The van der Waals surface area contributed by atoms with Gasteiger partial charge in [-0.2, -0.15) is 0 Å². The summed E-state index contributed by atoms with van der Waals surface area (Å²) in [6, 6.07) is 1.93. The minimum absolute atomic E-state index is 0.758. The molecule has 1 aromatic heterocycles. The van der Waals surface area contributed by atoms with Crippen LogP contribution in [0, 0.1) is 6.92 Å². The third kappa shape index (κ3) is 1.97. The van der Waals surface area contributed by atoms with E-state index in [1.54, 1.807) is 0 Å². The third-order valence-electron chi connectivity index (χ3n) is 2.18. The summed E-state index contributed by atoms with van der Waals surface area (Å²) in [5, 5.41) is 12.0. The Balaban J connectivity index is 0.000000461. The molecule has 0 saturated carbocycles. The zero-order valence-corrected chi connectivity index (χ0v) is 9.00. The molecule has 0 spiro atoms. The largest absolute Gasteiger partial charge is 0.466 e. The Labute approximate surface area is 84.4 Å². The molecule has 0 unspecified atom stereocenters. The fraction of sp³-hybridized carbons (Fsp3) is 0.545. The van der Waals surface area contributed by atoms with Crippen molar-refractivity contribution in [3.8, 4) is 0 Å². The molecule has 0 atom stereocenters. The van der Waals surface area contributed by atoms with Crippen molar-refractivity contribution in [1.82, 2.24) is 0 Å². The first kappa shape index (κ1) is 10.8. The van der Waals surface area contributed by atoms with Crippen LogP contribution >= 0.6 is 0 Å². The molecule has 1 N–H and O–H groups in total. The van der Waals surface area contributed by atoms with Gasteiger partial charge < -0.3 is 9.62 Å². The number of furan rings is 1.